The van der Waals surface area contributed by atoms with Gasteiger partial charge >= 0.3 is 0 Å². The highest BCUT2D eigenvalue weighted by Gasteiger charge is 2.44. The minimum atomic E-state index is -0.0712. The van der Waals surface area contributed by atoms with Gasteiger partial charge in [0.05, 0.1) is 6.61 Å². The Morgan fingerprint density at radius 1 is 1.16 bits per heavy atom. The van der Waals surface area contributed by atoms with Crippen molar-refractivity contribution in [3.8, 4) is 0 Å². The van der Waals surface area contributed by atoms with E-state index in [0.29, 0.717) is 11.8 Å². The molecule has 4 aliphatic rings. The van der Waals surface area contributed by atoms with E-state index in [9.17, 15) is 5.11 Å². The molecule has 0 aliphatic heterocycles. The molecule has 98 valence electrons. The number of fused-ring (bicyclic) bond motifs is 5. The van der Waals surface area contributed by atoms with Crippen LogP contribution in [0.1, 0.15) is 25.7 Å². The van der Waals surface area contributed by atoms with Crippen LogP contribution >= 0.6 is 0 Å². The van der Waals surface area contributed by atoms with E-state index in [2.05, 4.69) is 42.5 Å². The molecule has 4 rings (SSSR count). The van der Waals surface area contributed by atoms with Gasteiger partial charge in [-0.25, -0.2) is 0 Å². The highest BCUT2D eigenvalue weighted by molar-refractivity contribution is 5.54. The number of hydrogen-bond donors (Lipinski definition) is 1. The van der Waals surface area contributed by atoms with Gasteiger partial charge in [0.15, 0.2) is 0 Å². The lowest BCUT2D eigenvalue weighted by atomic mass is 9.60. The topological polar surface area (TPSA) is 20.2 Å². The van der Waals surface area contributed by atoms with E-state index in [0.717, 1.165) is 6.42 Å². The van der Waals surface area contributed by atoms with Gasteiger partial charge in [-0.15, -0.1) is 0 Å². The van der Waals surface area contributed by atoms with Gasteiger partial charge in [0, 0.05) is 5.41 Å². The van der Waals surface area contributed by atoms with E-state index >= 15 is 0 Å². The molecule has 0 aromatic heterocycles. The molecule has 1 heteroatoms. The lowest BCUT2D eigenvalue weighted by molar-refractivity contribution is 0.164. The van der Waals surface area contributed by atoms with Gasteiger partial charge in [0.1, 0.15) is 0 Å². The van der Waals surface area contributed by atoms with Crippen LogP contribution in [0.25, 0.3) is 0 Å². The molecule has 0 unspecified atom stereocenters. The predicted molar refractivity (Wildman–Crippen MR) is 77.5 cm³/mol. The van der Waals surface area contributed by atoms with Crippen LogP contribution in [0.2, 0.25) is 0 Å². The fourth-order valence-electron chi connectivity index (χ4n) is 4.39. The summed E-state index contributed by atoms with van der Waals surface area (Å²) in [4.78, 5) is 0. The van der Waals surface area contributed by atoms with Gasteiger partial charge in [-0.1, -0.05) is 42.5 Å². The van der Waals surface area contributed by atoms with Crippen molar-refractivity contribution < 1.29 is 5.11 Å². The SMILES string of the molecule is OC[C@@]12C=CC=C1C1=CC=C3C=CCC[C@@H]3[C@H]1CC2. The lowest BCUT2D eigenvalue weighted by Gasteiger charge is -2.45. The maximum absolute atomic E-state index is 9.83. The van der Waals surface area contributed by atoms with Crippen LogP contribution < -0.4 is 0 Å². The maximum Gasteiger partial charge on any atom is 0.0563 e. The van der Waals surface area contributed by atoms with E-state index in [1.54, 1.807) is 0 Å². The van der Waals surface area contributed by atoms with Gasteiger partial charge in [-0.05, 0) is 54.2 Å². The largest absolute Gasteiger partial charge is 0.395 e. The van der Waals surface area contributed by atoms with Crippen molar-refractivity contribution in [3.63, 3.8) is 0 Å². The Morgan fingerprint density at radius 3 is 3.00 bits per heavy atom. The highest BCUT2D eigenvalue weighted by atomic mass is 16.3. The minimum Gasteiger partial charge on any atom is -0.395 e. The first-order valence-electron chi connectivity index (χ1n) is 7.44. The molecular formula is C18H20O. The molecule has 0 aromatic carbocycles. The average Bonchev–Trinajstić information content (AvgIpc) is 2.91. The normalized spacial score (nSPS) is 38.9. The Hall–Kier alpha value is -1.34. The third-order valence-electron chi connectivity index (χ3n) is 5.43. The molecule has 0 saturated heterocycles. The minimum absolute atomic E-state index is 0.0712. The first-order valence-corrected chi connectivity index (χ1v) is 7.44. The molecule has 0 aromatic rings. The second kappa shape index (κ2) is 4.08. The Kier molecular flexibility index (Phi) is 2.46. The summed E-state index contributed by atoms with van der Waals surface area (Å²) in [5, 5.41) is 9.83. The average molecular weight is 252 g/mol. The predicted octanol–water partition coefficient (Wildman–Crippen LogP) is 3.70. The second-order valence-corrected chi connectivity index (χ2v) is 6.27. The van der Waals surface area contributed by atoms with Gasteiger partial charge in [0.25, 0.3) is 0 Å². The first kappa shape index (κ1) is 11.5. The molecule has 19 heavy (non-hydrogen) atoms. The summed E-state index contributed by atoms with van der Waals surface area (Å²) in [5.41, 5.74) is 4.33. The lowest BCUT2D eigenvalue weighted by Crippen LogP contribution is -2.36. The van der Waals surface area contributed by atoms with Crippen molar-refractivity contribution in [2.75, 3.05) is 6.61 Å². The number of aliphatic hydroxyl groups excluding tert-OH is 1. The number of aliphatic hydroxyl groups is 1. The zero-order valence-electron chi connectivity index (χ0n) is 11.2. The molecule has 0 spiro atoms. The summed E-state index contributed by atoms with van der Waals surface area (Å²) < 4.78 is 0. The molecule has 1 saturated carbocycles. The number of rotatable bonds is 1. The molecule has 3 atom stereocenters. The number of allylic oxidation sites excluding steroid dienone is 8. The van der Waals surface area contributed by atoms with Crippen LogP contribution in [-0.4, -0.2) is 11.7 Å². The summed E-state index contributed by atoms with van der Waals surface area (Å²) in [6.45, 7) is 0.251. The molecule has 1 nitrogen and oxygen atoms in total. The Bertz CT molecular complexity index is 558. The monoisotopic (exact) mass is 252 g/mol. The summed E-state index contributed by atoms with van der Waals surface area (Å²) in [6.07, 6.45) is 20.6. The first-order chi connectivity index (χ1) is 9.34. The van der Waals surface area contributed by atoms with E-state index in [1.165, 1.54) is 36.0 Å². The highest BCUT2D eigenvalue weighted by Crippen LogP contribution is 2.54. The van der Waals surface area contributed by atoms with Crippen molar-refractivity contribution >= 4 is 0 Å². The van der Waals surface area contributed by atoms with Crippen LogP contribution in [0.4, 0.5) is 0 Å². The van der Waals surface area contributed by atoms with Gasteiger partial charge in [0.2, 0.25) is 0 Å². The fraction of sp³-hybridized carbons (Fsp3) is 0.444. The third-order valence-corrected chi connectivity index (χ3v) is 5.43. The Labute approximate surface area is 114 Å². The van der Waals surface area contributed by atoms with E-state index in [-0.39, 0.29) is 12.0 Å². The molecule has 1 fully saturated rings. The third kappa shape index (κ3) is 1.51. The van der Waals surface area contributed by atoms with Crippen molar-refractivity contribution in [1.29, 1.82) is 0 Å². The standard InChI is InChI=1S/C18H20O/c19-12-18-10-3-6-17(18)16-8-7-13-4-1-2-5-14(13)15(16)9-11-18/h1,3-4,6-8,10,14-15,19H,2,5,9,11-12H2/t14-,15+,18-/m0/s1. The van der Waals surface area contributed by atoms with Gasteiger partial charge in [-0.2, -0.15) is 0 Å². The molecule has 0 bridgehead atoms. The van der Waals surface area contributed by atoms with Crippen LogP contribution in [0.3, 0.4) is 0 Å². The van der Waals surface area contributed by atoms with Crippen molar-refractivity contribution in [2.24, 2.45) is 17.3 Å². The maximum atomic E-state index is 9.83. The van der Waals surface area contributed by atoms with E-state index < -0.39 is 0 Å². The zero-order valence-corrected chi connectivity index (χ0v) is 11.2. The van der Waals surface area contributed by atoms with E-state index in [4.69, 9.17) is 0 Å². The summed E-state index contributed by atoms with van der Waals surface area (Å²) in [7, 11) is 0. The molecule has 0 radical (unpaired) electrons. The second-order valence-electron chi connectivity index (χ2n) is 6.27. The summed E-state index contributed by atoms with van der Waals surface area (Å²) in [6, 6.07) is 0. The van der Waals surface area contributed by atoms with E-state index in [1.807, 2.05) is 0 Å². The van der Waals surface area contributed by atoms with Crippen LogP contribution in [0.15, 0.2) is 59.3 Å². The fourth-order valence-corrected chi connectivity index (χ4v) is 4.39. The summed E-state index contributed by atoms with van der Waals surface area (Å²) in [5.74, 6) is 1.39. The van der Waals surface area contributed by atoms with Crippen molar-refractivity contribution in [1.82, 2.24) is 0 Å². The van der Waals surface area contributed by atoms with Gasteiger partial charge in [-0.3, -0.25) is 0 Å². The molecule has 4 aliphatic carbocycles. The Balaban J connectivity index is 1.78. The van der Waals surface area contributed by atoms with Crippen LogP contribution in [0.5, 0.6) is 0 Å². The van der Waals surface area contributed by atoms with Gasteiger partial charge < -0.3 is 5.11 Å². The molecule has 0 heterocycles. The van der Waals surface area contributed by atoms with Crippen LogP contribution in [0, 0.1) is 17.3 Å². The zero-order chi connectivity index (χ0) is 12.9. The number of hydrogen-bond acceptors (Lipinski definition) is 1. The molecule has 1 N–H and O–H groups in total. The molecule has 0 amide bonds. The van der Waals surface area contributed by atoms with Crippen molar-refractivity contribution in [3.05, 3.63) is 59.3 Å². The Morgan fingerprint density at radius 2 is 2.11 bits per heavy atom. The summed E-state index contributed by atoms with van der Waals surface area (Å²) >= 11 is 0. The van der Waals surface area contributed by atoms with Crippen molar-refractivity contribution in [2.45, 2.75) is 25.7 Å². The smallest absolute Gasteiger partial charge is 0.0563 e. The molecular weight excluding hydrogens is 232 g/mol. The quantitative estimate of drug-likeness (QED) is 0.754. The van der Waals surface area contributed by atoms with Crippen LogP contribution in [-0.2, 0) is 0 Å².